The molecular weight excluding hydrogens is 835 g/mol. The van der Waals surface area contributed by atoms with Gasteiger partial charge < -0.3 is 35.6 Å². The smallest absolute Gasteiger partial charge is 0.329 e. The van der Waals surface area contributed by atoms with Crippen LogP contribution in [0.25, 0.3) is 0 Å². The topological polar surface area (TPSA) is 177 Å². The van der Waals surface area contributed by atoms with Crippen LogP contribution < -0.4 is 16.4 Å². The van der Waals surface area contributed by atoms with Gasteiger partial charge in [-0.3, -0.25) is 19.2 Å². The summed E-state index contributed by atoms with van der Waals surface area (Å²) in [6.07, 6.45) is 17.2. The number of rotatable bonds is 10. The van der Waals surface area contributed by atoms with Crippen LogP contribution >= 0.6 is 0 Å². The molecule has 6 aliphatic rings. The van der Waals surface area contributed by atoms with Gasteiger partial charge in [0.2, 0.25) is 23.6 Å². The molecule has 2 saturated heterocycles. The number of nitrogens with zero attached hydrogens (tertiary/aromatic N) is 2. The number of esters is 2. The Morgan fingerprint density at radius 1 is 0.500 bits per heavy atom. The van der Waals surface area contributed by atoms with Gasteiger partial charge in [-0.2, -0.15) is 0 Å². The molecular formula is C53H91N5O8. The molecule has 0 aromatic rings. The van der Waals surface area contributed by atoms with Gasteiger partial charge in [0.1, 0.15) is 35.4 Å². The van der Waals surface area contributed by atoms with Crippen molar-refractivity contribution in [3.8, 4) is 0 Å². The predicted octanol–water partition coefficient (Wildman–Crippen LogP) is 8.10. The van der Waals surface area contributed by atoms with E-state index in [9.17, 15) is 28.8 Å². The second kappa shape index (κ2) is 21.6. The third-order valence-electron chi connectivity index (χ3n) is 15.7. The lowest BCUT2D eigenvalue weighted by atomic mass is 9.79. The van der Waals surface area contributed by atoms with Gasteiger partial charge in [0.15, 0.2) is 0 Å². The Kier molecular flexibility index (Phi) is 17.6. The first-order valence-electron chi connectivity index (χ1n) is 26.0. The summed E-state index contributed by atoms with van der Waals surface area (Å²) in [7, 11) is 0. The number of amides is 4. The number of ether oxygens (including phenoxy) is 2. The van der Waals surface area contributed by atoms with Gasteiger partial charge in [-0.1, -0.05) is 99.8 Å². The predicted molar refractivity (Wildman–Crippen MR) is 257 cm³/mol. The van der Waals surface area contributed by atoms with Gasteiger partial charge in [-0.05, 0) is 139 Å². The summed E-state index contributed by atoms with van der Waals surface area (Å²) < 4.78 is 11.5. The lowest BCUT2D eigenvalue weighted by molar-refractivity contribution is -0.166. The third kappa shape index (κ3) is 13.5. The number of hydrogen-bond donors (Lipinski definition) is 3. The van der Waals surface area contributed by atoms with Gasteiger partial charge in [0.05, 0.1) is 6.04 Å². The first kappa shape index (κ1) is 53.7. The normalized spacial score (nSPS) is 28.2. The summed E-state index contributed by atoms with van der Waals surface area (Å²) in [5.41, 5.74) is 4.14. The highest BCUT2D eigenvalue weighted by atomic mass is 16.6. The van der Waals surface area contributed by atoms with E-state index in [1.54, 1.807) is 9.80 Å². The van der Waals surface area contributed by atoms with Crippen molar-refractivity contribution in [3.63, 3.8) is 0 Å². The molecule has 376 valence electrons. The minimum Gasteiger partial charge on any atom is -0.458 e. The zero-order valence-electron chi connectivity index (χ0n) is 43.4. The van der Waals surface area contributed by atoms with E-state index < -0.39 is 52.2 Å². The van der Waals surface area contributed by atoms with E-state index in [4.69, 9.17) is 15.2 Å². The van der Waals surface area contributed by atoms with Crippen molar-refractivity contribution in [1.29, 1.82) is 0 Å². The van der Waals surface area contributed by atoms with Gasteiger partial charge in [-0.15, -0.1) is 0 Å². The van der Waals surface area contributed by atoms with Crippen LogP contribution in [0.15, 0.2) is 0 Å². The molecule has 6 rings (SSSR count). The standard InChI is InChI=1S/C27H46N2O4.C26H45N3O4/c1-17(18-12-9-8-10-13-18)23(30)28-22(26(2,3)4)24(31)29-16-19-14-11-15-20(19)21(29)25(32)33-27(5,6)7;1-25(2,3)21(28-22(30)19(27)16-11-8-7-9-12-16)23(31)29-15-17-13-10-14-18(17)20(29)24(32)33-26(4,5)6/h17-22H,8-16H2,1-7H3,(H,28,30);16-21H,7-15,27H2,1-6H3,(H,28,30)/t17-,19-,20-,21-,22+;17-,18-,19-,20-,21+/m00/s1. The van der Waals surface area contributed by atoms with Crippen molar-refractivity contribution in [1.82, 2.24) is 20.4 Å². The molecule has 4 saturated carbocycles. The summed E-state index contributed by atoms with van der Waals surface area (Å²) in [4.78, 5) is 84.1. The summed E-state index contributed by atoms with van der Waals surface area (Å²) >= 11 is 0. The second-order valence-electron chi connectivity index (χ2n) is 25.4. The maximum Gasteiger partial charge on any atom is 0.329 e. The molecule has 13 heteroatoms. The fourth-order valence-corrected chi connectivity index (χ4v) is 12.1. The maximum absolute atomic E-state index is 13.9. The molecule has 0 radical (unpaired) electrons. The average Bonchev–Trinajstić information content (AvgIpc) is 4.01. The minimum atomic E-state index is -0.747. The zero-order valence-corrected chi connectivity index (χ0v) is 43.4. The highest BCUT2D eigenvalue weighted by Gasteiger charge is 2.55. The molecule has 4 aliphatic carbocycles. The van der Waals surface area contributed by atoms with Gasteiger partial charge in [-0.25, -0.2) is 9.59 Å². The summed E-state index contributed by atoms with van der Waals surface area (Å²) in [6, 6.07) is -3.16. The third-order valence-corrected chi connectivity index (χ3v) is 15.7. The van der Waals surface area contributed by atoms with Crippen molar-refractivity contribution in [2.45, 2.75) is 234 Å². The monoisotopic (exact) mass is 926 g/mol. The Labute approximate surface area is 398 Å². The van der Waals surface area contributed by atoms with Crippen molar-refractivity contribution in [2.75, 3.05) is 13.1 Å². The van der Waals surface area contributed by atoms with E-state index in [1.165, 1.54) is 25.7 Å². The van der Waals surface area contributed by atoms with Gasteiger partial charge in [0, 0.05) is 19.0 Å². The number of likely N-dealkylation sites (tertiary alicyclic amines) is 2. The Bertz CT molecular complexity index is 1590. The van der Waals surface area contributed by atoms with Crippen LogP contribution in [0.3, 0.4) is 0 Å². The molecule has 2 heterocycles. The van der Waals surface area contributed by atoms with E-state index in [2.05, 4.69) is 10.6 Å². The highest BCUT2D eigenvalue weighted by molar-refractivity contribution is 5.94. The van der Waals surface area contributed by atoms with Gasteiger partial charge >= 0.3 is 11.9 Å². The number of hydrogen-bond acceptors (Lipinski definition) is 9. The SMILES string of the molecule is CC(C)(C)OC(=O)[C@@H]1[C@H]2CCC[C@H]2CN1C(=O)[C@@H](NC(=O)[C@@H](N)C1CCCCC1)C(C)(C)C.C[C@H](C(=O)N[C@H](C(=O)N1C[C@@H]2CCC[C@@H]2[C@H]1C(=O)OC(C)(C)C)C(C)(C)C)C1CCCCC1. The number of carbonyl (C=O) groups excluding carboxylic acids is 6. The first-order chi connectivity index (χ1) is 30.6. The maximum atomic E-state index is 13.9. The fourth-order valence-electron chi connectivity index (χ4n) is 12.1. The lowest BCUT2D eigenvalue weighted by Gasteiger charge is -2.37. The number of nitrogens with two attached hydrogens (primary N) is 1. The molecule has 0 aromatic heterocycles. The van der Waals surface area contributed by atoms with Crippen molar-refractivity contribution in [3.05, 3.63) is 0 Å². The summed E-state index contributed by atoms with van der Waals surface area (Å²) in [6.45, 7) is 26.1. The molecule has 13 nitrogen and oxygen atoms in total. The fraction of sp³-hybridized carbons (Fsp3) is 0.887. The van der Waals surface area contributed by atoms with Crippen LogP contribution in [0, 0.1) is 52.3 Å². The Hall–Kier alpha value is -3.22. The lowest BCUT2D eigenvalue weighted by Crippen LogP contribution is -2.60. The van der Waals surface area contributed by atoms with Crippen molar-refractivity contribution >= 4 is 35.6 Å². The molecule has 6 fully saturated rings. The van der Waals surface area contributed by atoms with Crippen LogP contribution in [0.5, 0.6) is 0 Å². The number of nitrogens with one attached hydrogen (secondary N) is 2. The highest BCUT2D eigenvalue weighted by Crippen LogP contribution is 2.45. The molecule has 0 bridgehead atoms. The molecule has 4 N–H and O–H groups in total. The van der Waals surface area contributed by atoms with Crippen LogP contribution in [0.2, 0.25) is 0 Å². The Morgan fingerprint density at radius 3 is 1.23 bits per heavy atom. The summed E-state index contributed by atoms with van der Waals surface area (Å²) in [5.74, 6) is 0.0959. The van der Waals surface area contributed by atoms with Crippen molar-refractivity contribution in [2.24, 2.45) is 58.0 Å². The van der Waals surface area contributed by atoms with Crippen LogP contribution in [-0.2, 0) is 38.2 Å². The number of carbonyl (C=O) groups is 6. The van der Waals surface area contributed by atoms with E-state index in [-0.39, 0.29) is 59.2 Å². The molecule has 2 aliphatic heterocycles. The van der Waals surface area contributed by atoms with Crippen LogP contribution in [0.4, 0.5) is 0 Å². The van der Waals surface area contributed by atoms with E-state index >= 15 is 0 Å². The van der Waals surface area contributed by atoms with E-state index in [0.717, 1.165) is 77.0 Å². The molecule has 0 aromatic carbocycles. The van der Waals surface area contributed by atoms with E-state index in [0.29, 0.717) is 30.8 Å². The first-order valence-corrected chi connectivity index (χ1v) is 26.0. The minimum absolute atomic E-state index is 0.0385. The molecule has 0 unspecified atom stereocenters. The quantitative estimate of drug-likeness (QED) is 0.183. The van der Waals surface area contributed by atoms with Crippen LogP contribution in [-0.4, -0.2) is 99.9 Å². The zero-order chi connectivity index (χ0) is 49.1. The average molecular weight is 926 g/mol. The molecule has 0 spiro atoms. The molecule has 4 amide bonds. The van der Waals surface area contributed by atoms with E-state index in [1.807, 2.05) is 90.0 Å². The van der Waals surface area contributed by atoms with Crippen LogP contribution in [0.1, 0.15) is 193 Å². The van der Waals surface area contributed by atoms with Gasteiger partial charge in [0.25, 0.3) is 0 Å². The molecule has 66 heavy (non-hydrogen) atoms. The summed E-state index contributed by atoms with van der Waals surface area (Å²) in [5, 5.41) is 6.12. The Balaban J connectivity index is 0.000000247. The largest absolute Gasteiger partial charge is 0.458 e. The Morgan fingerprint density at radius 2 is 0.864 bits per heavy atom. The molecule has 10 atom stereocenters. The number of fused-ring (bicyclic) bond motifs is 2. The second-order valence-corrected chi connectivity index (χ2v) is 25.4. The van der Waals surface area contributed by atoms with Crippen molar-refractivity contribution < 1.29 is 38.2 Å².